The first kappa shape index (κ1) is 12.1. The molecule has 2 nitrogen and oxygen atoms in total. The van der Waals surface area contributed by atoms with Crippen molar-refractivity contribution in [1.82, 2.24) is 0 Å². The van der Waals surface area contributed by atoms with Crippen LogP contribution in [-0.2, 0) is 7.38 Å². The van der Waals surface area contributed by atoms with Crippen LogP contribution < -0.4 is 0 Å². The first-order valence-corrected chi connectivity index (χ1v) is 7.13. The predicted octanol–water partition coefficient (Wildman–Crippen LogP) is 1.24. The van der Waals surface area contributed by atoms with E-state index in [9.17, 15) is 4.21 Å². The monoisotopic (exact) mass is 294 g/mol. The molecule has 0 atom stereocenters. The molecule has 1 aromatic rings. The molecular weight excluding hydrogens is 286 g/mol. The SMILES string of the molecule is O=[SH](O)(I)c1ccccc1.[NaH]. The predicted molar refractivity (Wildman–Crippen MR) is 58.0 cm³/mol. The first-order valence-electron chi connectivity index (χ1n) is 2.69. The fraction of sp³-hybridized carbons (Fsp3) is 0. The van der Waals surface area contributed by atoms with E-state index < -0.39 is 7.38 Å². The van der Waals surface area contributed by atoms with Crippen molar-refractivity contribution in [3.8, 4) is 0 Å². The van der Waals surface area contributed by atoms with Crippen molar-refractivity contribution in [3.05, 3.63) is 30.3 Å². The molecule has 0 saturated heterocycles. The molecule has 0 heterocycles. The Morgan fingerprint density at radius 3 is 2.00 bits per heavy atom. The van der Waals surface area contributed by atoms with Gasteiger partial charge in [-0.15, -0.1) is 7.38 Å². The van der Waals surface area contributed by atoms with Gasteiger partial charge in [0.15, 0.2) is 0 Å². The van der Waals surface area contributed by atoms with E-state index in [-0.39, 0.29) is 29.6 Å². The molecule has 0 unspecified atom stereocenters. The van der Waals surface area contributed by atoms with Crippen LogP contribution in [0.3, 0.4) is 0 Å². The summed E-state index contributed by atoms with van der Waals surface area (Å²) >= 11 is 1.55. The number of hydrogen-bond donors (Lipinski definition) is 2. The van der Waals surface area contributed by atoms with E-state index in [2.05, 4.69) is 0 Å². The van der Waals surface area contributed by atoms with E-state index in [1.54, 1.807) is 45.5 Å². The van der Waals surface area contributed by atoms with Gasteiger partial charge in [-0.2, -0.15) is 4.21 Å². The van der Waals surface area contributed by atoms with Crippen LogP contribution in [0.15, 0.2) is 35.2 Å². The van der Waals surface area contributed by atoms with Crippen molar-refractivity contribution in [2.45, 2.75) is 4.90 Å². The van der Waals surface area contributed by atoms with Crippen LogP contribution in [0.1, 0.15) is 0 Å². The second kappa shape index (κ2) is 4.94. The van der Waals surface area contributed by atoms with Crippen molar-refractivity contribution < 1.29 is 8.76 Å². The van der Waals surface area contributed by atoms with Gasteiger partial charge < -0.3 is 0 Å². The van der Waals surface area contributed by atoms with E-state index in [0.717, 1.165) is 0 Å². The van der Waals surface area contributed by atoms with Crippen LogP contribution in [0, 0.1) is 0 Å². The Morgan fingerprint density at radius 1 is 1.27 bits per heavy atom. The van der Waals surface area contributed by atoms with Crippen LogP contribution in [0.5, 0.6) is 0 Å². The minimum absolute atomic E-state index is 0. The van der Waals surface area contributed by atoms with Crippen LogP contribution in [0.2, 0.25) is 0 Å². The molecule has 5 heteroatoms. The zero-order valence-corrected chi connectivity index (χ0v) is 8.12. The fourth-order valence-corrected chi connectivity index (χ4v) is 2.12. The van der Waals surface area contributed by atoms with Gasteiger partial charge in [-0.3, -0.25) is 4.55 Å². The van der Waals surface area contributed by atoms with E-state index in [1.165, 1.54) is 0 Å². The molecule has 0 amide bonds. The summed E-state index contributed by atoms with van der Waals surface area (Å²) in [5.74, 6) is 0. The summed E-state index contributed by atoms with van der Waals surface area (Å²) in [6.07, 6.45) is 0. The third kappa shape index (κ3) is 4.00. The van der Waals surface area contributed by atoms with E-state index in [1.807, 2.05) is 6.07 Å². The van der Waals surface area contributed by atoms with Gasteiger partial charge >= 0.3 is 29.6 Å². The molecule has 1 rings (SSSR count). The molecule has 0 aromatic heterocycles. The fourth-order valence-electron chi connectivity index (χ4n) is 0.612. The summed E-state index contributed by atoms with van der Waals surface area (Å²) in [5.41, 5.74) is 0. The van der Waals surface area contributed by atoms with Crippen molar-refractivity contribution >= 4 is 58.1 Å². The van der Waals surface area contributed by atoms with Crippen LogP contribution in [-0.4, -0.2) is 38.3 Å². The van der Waals surface area contributed by atoms with Gasteiger partial charge in [-0.05, 0) is 12.1 Å². The number of benzene rings is 1. The normalized spacial score (nSPS) is 11.8. The number of halogens is 1. The van der Waals surface area contributed by atoms with E-state index in [0.29, 0.717) is 4.90 Å². The summed E-state index contributed by atoms with van der Waals surface area (Å²) < 4.78 is 20.0. The molecule has 0 spiro atoms. The maximum absolute atomic E-state index is 11.0. The summed E-state index contributed by atoms with van der Waals surface area (Å²) in [5, 5.41) is 0. The first-order chi connectivity index (χ1) is 4.61. The second-order valence-electron chi connectivity index (χ2n) is 1.84. The molecule has 1 N–H and O–H groups in total. The maximum atomic E-state index is 11.0. The van der Waals surface area contributed by atoms with Crippen molar-refractivity contribution in [1.29, 1.82) is 0 Å². The molecule has 0 aliphatic rings. The Kier molecular flexibility index (Phi) is 5.41. The summed E-state index contributed by atoms with van der Waals surface area (Å²) in [4.78, 5) is 0.496. The number of rotatable bonds is 1. The molecule has 0 bridgehead atoms. The zero-order valence-electron chi connectivity index (χ0n) is 5.07. The van der Waals surface area contributed by atoms with Crippen LogP contribution in [0.4, 0.5) is 0 Å². The third-order valence-electron chi connectivity index (χ3n) is 1.07. The summed E-state index contributed by atoms with van der Waals surface area (Å²) in [6.45, 7) is 0. The number of hydrogen-bond acceptors (Lipinski definition) is 1. The summed E-state index contributed by atoms with van der Waals surface area (Å²) in [7, 11) is -3.05. The van der Waals surface area contributed by atoms with Gasteiger partial charge in [0.05, 0.1) is 26.1 Å². The molecule has 0 fully saturated rings. The van der Waals surface area contributed by atoms with Crippen LogP contribution >= 0.6 is 21.2 Å². The van der Waals surface area contributed by atoms with Crippen LogP contribution in [0.25, 0.3) is 0 Å². The van der Waals surface area contributed by atoms with Gasteiger partial charge in [0.25, 0.3) is 0 Å². The molecule has 11 heavy (non-hydrogen) atoms. The topological polar surface area (TPSA) is 37.3 Å². The van der Waals surface area contributed by atoms with Gasteiger partial charge in [0.1, 0.15) is 0 Å². The molecule has 0 aliphatic carbocycles. The Bertz CT molecular complexity index is 259. The molecule has 0 saturated carbocycles. The Labute approximate surface area is 101 Å². The Hall–Kier alpha value is 1.06. The van der Waals surface area contributed by atoms with E-state index >= 15 is 0 Å². The van der Waals surface area contributed by atoms with E-state index in [4.69, 9.17) is 4.55 Å². The third-order valence-corrected chi connectivity index (χ3v) is 3.68. The number of thiol groups is 1. The molecular formula is C6H8INaO2S. The van der Waals surface area contributed by atoms with Gasteiger partial charge in [-0.25, -0.2) is 0 Å². The van der Waals surface area contributed by atoms with Crippen molar-refractivity contribution in [2.24, 2.45) is 0 Å². The van der Waals surface area contributed by atoms with Crippen molar-refractivity contribution in [3.63, 3.8) is 0 Å². The second-order valence-corrected chi connectivity index (χ2v) is 7.28. The molecule has 0 aliphatic heterocycles. The minimum atomic E-state index is -3.05. The molecule has 1 aromatic carbocycles. The zero-order chi connectivity index (χ0) is 7.61. The quantitative estimate of drug-likeness (QED) is 0.354. The van der Waals surface area contributed by atoms with Gasteiger partial charge in [0, 0.05) is 0 Å². The van der Waals surface area contributed by atoms with Crippen molar-refractivity contribution in [2.75, 3.05) is 0 Å². The van der Waals surface area contributed by atoms with Gasteiger partial charge in [-0.1, -0.05) is 18.2 Å². The van der Waals surface area contributed by atoms with Gasteiger partial charge in [0.2, 0.25) is 0 Å². The average Bonchev–Trinajstić information content (AvgIpc) is 1.88. The Balaban J connectivity index is 0.000001000. The average molecular weight is 294 g/mol. The Morgan fingerprint density at radius 2 is 1.73 bits per heavy atom. The summed E-state index contributed by atoms with van der Waals surface area (Å²) in [6, 6.07) is 8.60. The standard InChI is InChI=1S/C6H7IO2S.Na.H/c7-10(8,9)6-4-2-1-3-5-6;;/h1-5,10H,(H,8,9);;. The molecule has 0 radical (unpaired) electrons. The molecule has 58 valence electrons.